The van der Waals surface area contributed by atoms with E-state index in [2.05, 4.69) is 79.7 Å². The average Bonchev–Trinajstić information content (AvgIpc) is 2.69. The van der Waals surface area contributed by atoms with E-state index >= 15 is 0 Å². The van der Waals surface area contributed by atoms with Crippen LogP contribution >= 0.6 is 0 Å². The molecule has 1 atom stereocenters. The minimum Gasteiger partial charge on any atom is -0.489 e. The molecule has 0 radical (unpaired) electrons. The van der Waals surface area contributed by atoms with Crippen LogP contribution in [0.25, 0.3) is 6.08 Å². The molecule has 3 aromatic rings. The Bertz CT molecular complexity index is 773. The lowest BCUT2D eigenvalue weighted by Crippen LogP contribution is -1.97. The maximum absolute atomic E-state index is 5.87. The molecule has 0 bridgehead atoms. The van der Waals surface area contributed by atoms with Crippen molar-refractivity contribution in [2.45, 2.75) is 25.9 Å². The van der Waals surface area contributed by atoms with Crippen LogP contribution in [0.4, 0.5) is 0 Å². The van der Waals surface area contributed by atoms with Crippen molar-refractivity contribution in [1.82, 2.24) is 0 Å². The fourth-order valence-electron chi connectivity index (χ4n) is 2.83. The standard InChI is InChI=1S/C24H24O/c1-2-22(14-13-20-9-5-3-6-10-20)23-15-17-24(18-16-23)25-19-21-11-7-4-8-12-21/h3-18,22H,2,19H2,1H3/b14-13+. The van der Waals surface area contributed by atoms with E-state index in [4.69, 9.17) is 4.74 Å². The average molecular weight is 328 g/mol. The molecule has 0 amide bonds. The van der Waals surface area contributed by atoms with Crippen LogP contribution in [0, 0.1) is 0 Å². The molecule has 1 heteroatoms. The number of benzene rings is 3. The van der Waals surface area contributed by atoms with Crippen LogP contribution in [0.1, 0.15) is 36.0 Å². The molecule has 25 heavy (non-hydrogen) atoms. The highest BCUT2D eigenvalue weighted by Crippen LogP contribution is 2.25. The maximum atomic E-state index is 5.87. The molecule has 0 saturated carbocycles. The van der Waals surface area contributed by atoms with E-state index in [1.165, 1.54) is 16.7 Å². The molecule has 0 aliphatic carbocycles. The van der Waals surface area contributed by atoms with Gasteiger partial charge in [-0.2, -0.15) is 0 Å². The van der Waals surface area contributed by atoms with E-state index in [1.807, 2.05) is 24.3 Å². The Morgan fingerprint density at radius 3 is 2.08 bits per heavy atom. The molecule has 0 heterocycles. The molecule has 1 nitrogen and oxygen atoms in total. The van der Waals surface area contributed by atoms with Gasteiger partial charge < -0.3 is 4.74 Å². The van der Waals surface area contributed by atoms with Crippen molar-refractivity contribution in [1.29, 1.82) is 0 Å². The van der Waals surface area contributed by atoms with Crippen molar-refractivity contribution in [3.05, 3.63) is 108 Å². The van der Waals surface area contributed by atoms with Gasteiger partial charge in [0.2, 0.25) is 0 Å². The first-order valence-corrected chi connectivity index (χ1v) is 8.85. The van der Waals surface area contributed by atoms with Crippen LogP contribution < -0.4 is 4.74 Å². The summed E-state index contributed by atoms with van der Waals surface area (Å²) in [6.45, 7) is 2.82. The van der Waals surface area contributed by atoms with Crippen molar-refractivity contribution in [2.24, 2.45) is 0 Å². The molecule has 0 fully saturated rings. The van der Waals surface area contributed by atoms with Crippen LogP contribution in [0.3, 0.4) is 0 Å². The molecule has 3 aromatic carbocycles. The summed E-state index contributed by atoms with van der Waals surface area (Å²) in [5, 5.41) is 0. The molecular formula is C24H24O. The molecule has 0 aliphatic heterocycles. The van der Waals surface area contributed by atoms with Gasteiger partial charge >= 0.3 is 0 Å². The van der Waals surface area contributed by atoms with Gasteiger partial charge in [0.05, 0.1) is 0 Å². The highest BCUT2D eigenvalue weighted by Gasteiger charge is 2.06. The quantitative estimate of drug-likeness (QED) is 0.483. The van der Waals surface area contributed by atoms with E-state index in [-0.39, 0.29) is 0 Å². The monoisotopic (exact) mass is 328 g/mol. The van der Waals surface area contributed by atoms with E-state index in [9.17, 15) is 0 Å². The van der Waals surface area contributed by atoms with Gasteiger partial charge in [-0.05, 0) is 35.2 Å². The van der Waals surface area contributed by atoms with Crippen molar-refractivity contribution in [2.75, 3.05) is 0 Å². The van der Waals surface area contributed by atoms with Crippen LogP contribution in [0.5, 0.6) is 5.75 Å². The Labute approximate surface area is 150 Å². The Balaban J connectivity index is 1.62. The Morgan fingerprint density at radius 2 is 1.44 bits per heavy atom. The van der Waals surface area contributed by atoms with Gasteiger partial charge in [-0.1, -0.05) is 91.9 Å². The van der Waals surface area contributed by atoms with Gasteiger partial charge in [0.25, 0.3) is 0 Å². The number of rotatable bonds is 7. The lowest BCUT2D eigenvalue weighted by atomic mass is 9.95. The van der Waals surface area contributed by atoms with Crippen LogP contribution in [-0.4, -0.2) is 0 Å². The summed E-state index contributed by atoms with van der Waals surface area (Å²) in [7, 11) is 0. The summed E-state index contributed by atoms with van der Waals surface area (Å²) in [5.41, 5.74) is 3.74. The zero-order valence-corrected chi connectivity index (χ0v) is 14.6. The molecule has 126 valence electrons. The Hall–Kier alpha value is -2.80. The second kappa shape index (κ2) is 8.89. The van der Waals surface area contributed by atoms with E-state index in [1.54, 1.807) is 0 Å². The van der Waals surface area contributed by atoms with Gasteiger partial charge in [0, 0.05) is 5.92 Å². The molecular weight excluding hydrogens is 304 g/mol. The van der Waals surface area contributed by atoms with Crippen LogP contribution in [0.15, 0.2) is 91.0 Å². The zero-order chi connectivity index (χ0) is 17.3. The van der Waals surface area contributed by atoms with Crippen LogP contribution in [-0.2, 0) is 6.61 Å². The number of hydrogen-bond acceptors (Lipinski definition) is 1. The smallest absolute Gasteiger partial charge is 0.119 e. The zero-order valence-electron chi connectivity index (χ0n) is 14.6. The molecule has 1 unspecified atom stereocenters. The van der Waals surface area contributed by atoms with Crippen LogP contribution in [0.2, 0.25) is 0 Å². The number of ether oxygens (including phenoxy) is 1. The SMILES string of the molecule is CCC(/C=C/c1ccccc1)c1ccc(OCc2ccccc2)cc1. The third-order valence-electron chi connectivity index (χ3n) is 4.32. The summed E-state index contributed by atoms with van der Waals surface area (Å²) >= 11 is 0. The second-order valence-corrected chi connectivity index (χ2v) is 6.13. The third kappa shape index (κ3) is 5.09. The van der Waals surface area contributed by atoms with Gasteiger partial charge in [-0.15, -0.1) is 0 Å². The summed E-state index contributed by atoms with van der Waals surface area (Å²) in [5.74, 6) is 1.33. The van der Waals surface area contributed by atoms with E-state index in [0.717, 1.165) is 12.2 Å². The first-order valence-electron chi connectivity index (χ1n) is 8.85. The predicted octanol–water partition coefficient (Wildman–Crippen LogP) is 6.47. The highest BCUT2D eigenvalue weighted by molar-refractivity contribution is 5.50. The minimum absolute atomic E-state index is 0.420. The largest absolute Gasteiger partial charge is 0.489 e. The molecule has 0 aromatic heterocycles. The topological polar surface area (TPSA) is 9.23 Å². The molecule has 0 saturated heterocycles. The molecule has 0 aliphatic rings. The van der Waals surface area contributed by atoms with E-state index < -0.39 is 0 Å². The third-order valence-corrected chi connectivity index (χ3v) is 4.32. The van der Waals surface area contributed by atoms with Gasteiger partial charge in [0.1, 0.15) is 12.4 Å². The lowest BCUT2D eigenvalue weighted by Gasteiger charge is -2.12. The van der Waals surface area contributed by atoms with Crippen molar-refractivity contribution in [3.63, 3.8) is 0 Å². The fraction of sp³-hybridized carbons (Fsp3) is 0.167. The number of hydrogen-bond donors (Lipinski definition) is 0. The lowest BCUT2D eigenvalue weighted by molar-refractivity contribution is 0.306. The summed E-state index contributed by atoms with van der Waals surface area (Å²) in [4.78, 5) is 0. The predicted molar refractivity (Wildman–Crippen MR) is 106 cm³/mol. The normalized spacial score (nSPS) is 12.2. The summed E-state index contributed by atoms with van der Waals surface area (Å²) in [6, 6.07) is 29.2. The van der Waals surface area contributed by atoms with Crippen molar-refractivity contribution >= 4 is 6.08 Å². The first kappa shape index (κ1) is 17.0. The van der Waals surface area contributed by atoms with E-state index in [0.29, 0.717) is 12.5 Å². The second-order valence-electron chi connectivity index (χ2n) is 6.13. The minimum atomic E-state index is 0.420. The van der Waals surface area contributed by atoms with Gasteiger partial charge in [-0.3, -0.25) is 0 Å². The van der Waals surface area contributed by atoms with Crippen molar-refractivity contribution < 1.29 is 4.74 Å². The number of allylic oxidation sites excluding steroid dienone is 1. The Morgan fingerprint density at radius 1 is 0.800 bits per heavy atom. The molecule has 0 spiro atoms. The van der Waals surface area contributed by atoms with Gasteiger partial charge in [-0.25, -0.2) is 0 Å². The maximum Gasteiger partial charge on any atom is 0.119 e. The highest BCUT2D eigenvalue weighted by atomic mass is 16.5. The summed E-state index contributed by atoms with van der Waals surface area (Å²) in [6.07, 6.45) is 5.57. The molecule has 0 N–H and O–H groups in total. The van der Waals surface area contributed by atoms with Crippen molar-refractivity contribution in [3.8, 4) is 5.75 Å². The van der Waals surface area contributed by atoms with Gasteiger partial charge in [0.15, 0.2) is 0 Å². The first-order chi connectivity index (χ1) is 12.3. The fourth-order valence-corrected chi connectivity index (χ4v) is 2.83. The summed E-state index contributed by atoms with van der Waals surface area (Å²) < 4.78 is 5.87. The Kier molecular flexibility index (Phi) is 6.06. The molecule has 3 rings (SSSR count).